The Morgan fingerprint density at radius 3 is 2.90 bits per heavy atom. The van der Waals surface area contributed by atoms with E-state index in [-0.39, 0.29) is 11.6 Å². The Bertz CT molecular complexity index is 505. The lowest BCUT2D eigenvalue weighted by atomic mass is 9.79. The van der Waals surface area contributed by atoms with Crippen LogP contribution in [-0.4, -0.2) is 34.1 Å². The first-order chi connectivity index (χ1) is 9.40. The summed E-state index contributed by atoms with van der Waals surface area (Å²) in [5.41, 5.74) is -2.24. The summed E-state index contributed by atoms with van der Waals surface area (Å²) in [6, 6.07) is 1.14. The van der Waals surface area contributed by atoms with E-state index in [0.29, 0.717) is 19.4 Å². The predicted octanol–water partition coefficient (Wildman–Crippen LogP) is 2.55. The molecule has 0 saturated carbocycles. The van der Waals surface area contributed by atoms with Crippen molar-refractivity contribution in [2.45, 2.75) is 43.5 Å². The normalized spacial score (nSPS) is 31.3. The van der Waals surface area contributed by atoms with E-state index in [0.717, 1.165) is 31.6 Å². The molecule has 3 rings (SSSR count). The van der Waals surface area contributed by atoms with Gasteiger partial charge in [0.2, 0.25) is 0 Å². The third-order valence-electron chi connectivity index (χ3n) is 4.51. The zero-order valence-electron chi connectivity index (χ0n) is 11.0. The average molecular weight is 286 g/mol. The maximum atomic E-state index is 13.1. The Kier molecular flexibility index (Phi) is 3.25. The van der Waals surface area contributed by atoms with Crippen molar-refractivity contribution < 1.29 is 18.3 Å². The van der Waals surface area contributed by atoms with Crippen molar-refractivity contribution in [1.29, 1.82) is 0 Å². The van der Waals surface area contributed by atoms with Gasteiger partial charge < -0.3 is 10.0 Å². The molecule has 3 heterocycles. The minimum Gasteiger partial charge on any atom is -0.385 e. The molecule has 1 aromatic rings. The van der Waals surface area contributed by atoms with E-state index < -0.39 is 17.3 Å². The molecule has 0 amide bonds. The minimum absolute atomic E-state index is 0.0703. The number of pyridine rings is 1. The van der Waals surface area contributed by atoms with E-state index in [1.54, 1.807) is 0 Å². The molecule has 110 valence electrons. The van der Waals surface area contributed by atoms with Crippen molar-refractivity contribution in [2.24, 2.45) is 0 Å². The van der Waals surface area contributed by atoms with Gasteiger partial charge in [-0.25, -0.2) is 0 Å². The molecule has 2 saturated heterocycles. The fraction of sp³-hybridized carbons (Fsp3) is 0.643. The van der Waals surface area contributed by atoms with Crippen LogP contribution in [-0.2, 0) is 11.8 Å². The van der Waals surface area contributed by atoms with Gasteiger partial charge in [-0.2, -0.15) is 13.2 Å². The SMILES string of the molecule is OC1(c2cnccc2C(F)(F)F)CCN2CCCC2C1. The summed E-state index contributed by atoms with van der Waals surface area (Å²) < 4.78 is 39.3. The van der Waals surface area contributed by atoms with Crippen LogP contribution in [0.3, 0.4) is 0 Å². The lowest BCUT2D eigenvalue weighted by Gasteiger charge is -2.41. The van der Waals surface area contributed by atoms with E-state index in [1.807, 2.05) is 0 Å². The van der Waals surface area contributed by atoms with Crippen molar-refractivity contribution in [2.75, 3.05) is 13.1 Å². The molecule has 0 aliphatic carbocycles. The fourth-order valence-corrected chi connectivity index (χ4v) is 3.50. The number of aliphatic hydroxyl groups is 1. The number of halogens is 3. The molecule has 20 heavy (non-hydrogen) atoms. The maximum absolute atomic E-state index is 13.1. The Hall–Kier alpha value is -1.14. The number of alkyl halides is 3. The predicted molar refractivity (Wildman–Crippen MR) is 67.0 cm³/mol. The zero-order chi connectivity index (χ0) is 14.4. The van der Waals surface area contributed by atoms with Gasteiger partial charge in [0.15, 0.2) is 0 Å². The van der Waals surface area contributed by atoms with Crippen LogP contribution >= 0.6 is 0 Å². The molecule has 2 fully saturated rings. The smallest absolute Gasteiger partial charge is 0.385 e. The summed E-state index contributed by atoms with van der Waals surface area (Å²) in [4.78, 5) is 6.05. The van der Waals surface area contributed by atoms with Crippen molar-refractivity contribution >= 4 is 0 Å². The fourth-order valence-electron chi connectivity index (χ4n) is 3.50. The van der Waals surface area contributed by atoms with Gasteiger partial charge in [-0.05, 0) is 38.3 Å². The van der Waals surface area contributed by atoms with Crippen LogP contribution in [0.25, 0.3) is 0 Å². The first-order valence-electron chi connectivity index (χ1n) is 6.88. The Morgan fingerprint density at radius 2 is 2.15 bits per heavy atom. The van der Waals surface area contributed by atoms with Crippen LogP contribution in [0.2, 0.25) is 0 Å². The number of rotatable bonds is 1. The zero-order valence-corrected chi connectivity index (χ0v) is 11.0. The molecule has 0 aromatic carbocycles. The standard InChI is InChI=1S/C14H17F3N2O/c15-14(16,17)11-3-5-18-9-12(11)13(20)4-7-19-6-1-2-10(19)8-13/h3,5,9-10,20H,1-2,4,6-8H2. The van der Waals surface area contributed by atoms with Gasteiger partial charge in [0.05, 0.1) is 11.2 Å². The Labute approximate surface area is 115 Å². The molecular formula is C14H17F3N2O. The summed E-state index contributed by atoms with van der Waals surface area (Å²) in [6.45, 7) is 1.63. The molecule has 6 heteroatoms. The summed E-state index contributed by atoms with van der Waals surface area (Å²) in [5.74, 6) is 0. The van der Waals surface area contributed by atoms with Crippen molar-refractivity contribution in [3.63, 3.8) is 0 Å². The van der Waals surface area contributed by atoms with Crippen LogP contribution in [0.1, 0.15) is 36.8 Å². The highest BCUT2D eigenvalue weighted by Crippen LogP contribution is 2.43. The average Bonchev–Trinajstić information content (AvgIpc) is 2.85. The Balaban J connectivity index is 1.96. The van der Waals surface area contributed by atoms with Crippen molar-refractivity contribution in [3.8, 4) is 0 Å². The second kappa shape index (κ2) is 4.70. The summed E-state index contributed by atoms with van der Waals surface area (Å²) in [7, 11) is 0. The van der Waals surface area contributed by atoms with Gasteiger partial charge >= 0.3 is 6.18 Å². The molecule has 1 N–H and O–H groups in total. The van der Waals surface area contributed by atoms with Gasteiger partial charge in [-0.15, -0.1) is 0 Å². The van der Waals surface area contributed by atoms with E-state index >= 15 is 0 Å². The molecular weight excluding hydrogens is 269 g/mol. The van der Waals surface area contributed by atoms with Gasteiger partial charge in [0, 0.05) is 30.5 Å². The van der Waals surface area contributed by atoms with Crippen molar-refractivity contribution in [1.82, 2.24) is 9.88 Å². The highest BCUT2D eigenvalue weighted by Gasteiger charge is 2.46. The van der Waals surface area contributed by atoms with Gasteiger partial charge in [0.1, 0.15) is 0 Å². The van der Waals surface area contributed by atoms with E-state index in [1.165, 1.54) is 6.20 Å². The van der Waals surface area contributed by atoms with Gasteiger partial charge in [-0.1, -0.05) is 0 Å². The molecule has 1 aromatic heterocycles. The lowest BCUT2D eigenvalue weighted by molar-refractivity contribution is -0.142. The summed E-state index contributed by atoms with van der Waals surface area (Å²) in [5, 5.41) is 10.8. The summed E-state index contributed by atoms with van der Waals surface area (Å²) >= 11 is 0. The Morgan fingerprint density at radius 1 is 1.35 bits per heavy atom. The third-order valence-corrected chi connectivity index (χ3v) is 4.51. The molecule has 2 atom stereocenters. The third kappa shape index (κ3) is 2.31. The number of nitrogens with zero attached hydrogens (tertiary/aromatic N) is 2. The van der Waals surface area contributed by atoms with Crippen LogP contribution in [0.5, 0.6) is 0 Å². The van der Waals surface area contributed by atoms with Crippen LogP contribution < -0.4 is 0 Å². The van der Waals surface area contributed by atoms with Crippen LogP contribution in [0.4, 0.5) is 13.2 Å². The second-order valence-electron chi connectivity index (χ2n) is 5.74. The topological polar surface area (TPSA) is 36.4 Å². The number of hydrogen-bond donors (Lipinski definition) is 1. The first-order valence-corrected chi connectivity index (χ1v) is 6.88. The van der Waals surface area contributed by atoms with Crippen LogP contribution in [0.15, 0.2) is 18.5 Å². The number of fused-ring (bicyclic) bond motifs is 1. The second-order valence-corrected chi connectivity index (χ2v) is 5.74. The first kappa shape index (κ1) is 13.8. The molecule has 2 aliphatic heterocycles. The largest absolute Gasteiger partial charge is 0.416 e. The molecule has 2 unspecified atom stereocenters. The molecule has 3 nitrogen and oxygen atoms in total. The quantitative estimate of drug-likeness (QED) is 0.862. The summed E-state index contributed by atoms with van der Waals surface area (Å²) in [6.07, 6.45) is 0.540. The number of aromatic nitrogens is 1. The minimum atomic E-state index is -4.46. The molecule has 0 spiro atoms. The van der Waals surface area contributed by atoms with Crippen molar-refractivity contribution in [3.05, 3.63) is 29.6 Å². The highest BCUT2D eigenvalue weighted by molar-refractivity contribution is 5.32. The van der Waals surface area contributed by atoms with Gasteiger partial charge in [-0.3, -0.25) is 4.98 Å². The van der Waals surface area contributed by atoms with E-state index in [9.17, 15) is 18.3 Å². The molecule has 0 bridgehead atoms. The maximum Gasteiger partial charge on any atom is 0.416 e. The van der Waals surface area contributed by atoms with E-state index in [2.05, 4.69) is 9.88 Å². The van der Waals surface area contributed by atoms with Crippen LogP contribution in [0, 0.1) is 0 Å². The van der Waals surface area contributed by atoms with Gasteiger partial charge in [0.25, 0.3) is 0 Å². The molecule has 0 radical (unpaired) electrons. The van der Waals surface area contributed by atoms with E-state index in [4.69, 9.17) is 0 Å². The monoisotopic (exact) mass is 286 g/mol. The highest BCUT2D eigenvalue weighted by atomic mass is 19.4. The molecule has 2 aliphatic rings. The number of hydrogen-bond acceptors (Lipinski definition) is 3. The number of piperidine rings is 1. The lowest BCUT2D eigenvalue weighted by Crippen LogP contribution is -2.46.